The minimum atomic E-state index is -0.272. The van der Waals surface area contributed by atoms with Crippen LogP contribution in [0.3, 0.4) is 0 Å². The summed E-state index contributed by atoms with van der Waals surface area (Å²) in [5, 5.41) is 0. The maximum Gasteiger partial charge on any atom is 0.218 e. The van der Waals surface area contributed by atoms with Crippen LogP contribution < -0.4 is 5.73 Å². The lowest BCUT2D eigenvalue weighted by atomic mass is 9.76. The molecular weight excluding hydrogens is 205 g/mol. The highest BCUT2D eigenvalue weighted by Gasteiger charge is 2.36. The Morgan fingerprint density at radius 2 is 1.81 bits per heavy atom. The molecule has 1 amide bonds. The van der Waals surface area contributed by atoms with Gasteiger partial charge in [0.15, 0.2) is 0 Å². The second-order valence-corrected chi connectivity index (χ2v) is 4.64. The van der Waals surface area contributed by atoms with Gasteiger partial charge in [-0.2, -0.15) is 0 Å². The highest BCUT2D eigenvalue weighted by atomic mass is 19.1. The molecule has 0 bridgehead atoms. The van der Waals surface area contributed by atoms with E-state index in [4.69, 9.17) is 5.73 Å². The second-order valence-electron chi connectivity index (χ2n) is 4.64. The summed E-state index contributed by atoms with van der Waals surface area (Å²) < 4.78 is 12.9. The van der Waals surface area contributed by atoms with Crippen molar-refractivity contribution in [2.24, 2.45) is 5.73 Å². The standard InChI is InChI=1S/C13H16FNO/c14-11-5-3-10(4-6-11)13(9-12(15)16)7-1-2-8-13/h3-6H,1-2,7-9H2,(H2,15,16). The van der Waals surface area contributed by atoms with E-state index in [1.54, 1.807) is 12.1 Å². The number of hydrogen-bond donors (Lipinski definition) is 1. The molecule has 1 fully saturated rings. The Labute approximate surface area is 94.6 Å². The van der Waals surface area contributed by atoms with Crippen molar-refractivity contribution in [3.05, 3.63) is 35.6 Å². The van der Waals surface area contributed by atoms with Crippen LogP contribution in [0.4, 0.5) is 4.39 Å². The van der Waals surface area contributed by atoms with E-state index in [-0.39, 0.29) is 17.1 Å². The zero-order valence-electron chi connectivity index (χ0n) is 9.21. The number of halogens is 1. The molecule has 0 spiro atoms. The lowest BCUT2D eigenvalue weighted by Gasteiger charge is -2.28. The van der Waals surface area contributed by atoms with Gasteiger partial charge in [0.1, 0.15) is 5.82 Å². The average Bonchev–Trinajstić information content (AvgIpc) is 2.67. The molecule has 0 saturated heterocycles. The number of benzene rings is 1. The Hall–Kier alpha value is -1.38. The van der Waals surface area contributed by atoms with Crippen molar-refractivity contribution in [3.8, 4) is 0 Å². The zero-order valence-corrected chi connectivity index (χ0v) is 9.21. The Morgan fingerprint density at radius 3 is 2.31 bits per heavy atom. The normalized spacial score (nSPS) is 18.6. The van der Waals surface area contributed by atoms with Crippen LogP contribution >= 0.6 is 0 Å². The van der Waals surface area contributed by atoms with Crippen molar-refractivity contribution in [1.29, 1.82) is 0 Å². The molecule has 0 radical (unpaired) electrons. The van der Waals surface area contributed by atoms with Crippen LogP contribution in [0, 0.1) is 5.82 Å². The molecule has 1 aliphatic carbocycles. The number of carbonyl (C=O) groups is 1. The van der Waals surface area contributed by atoms with E-state index in [1.807, 2.05) is 0 Å². The molecular formula is C13H16FNO. The molecule has 0 atom stereocenters. The van der Waals surface area contributed by atoms with Crippen LogP contribution in [0.5, 0.6) is 0 Å². The van der Waals surface area contributed by atoms with Crippen LogP contribution in [0.1, 0.15) is 37.7 Å². The van der Waals surface area contributed by atoms with Gasteiger partial charge < -0.3 is 5.73 Å². The molecule has 16 heavy (non-hydrogen) atoms. The maximum atomic E-state index is 12.9. The van der Waals surface area contributed by atoms with E-state index in [0.717, 1.165) is 31.2 Å². The van der Waals surface area contributed by atoms with Gasteiger partial charge in [0.25, 0.3) is 0 Å². The molecule has 1 aliphatic rings. The molecule has 0 aliphatic heterocycles. The van der Waals surface area contributed by atoms with Gasteiger partial charge in [-0.1, -0.05) is 25.0 Å². The van der Waals surface area contributed by atoms with Gasteiger partial charge >= 0.3 is 0 Å². The first-order valence-corrected chi connectivity index (χ1v) is 5.67. The van der Waals surface area contributed by atoms with Gasteiger partial charge in [0.05, 0.1) is 0 Å². The first-order valence-electron chi connectivity index (χ1n) is 5.67. The van der Waals surface area contributed by atoms with Crippen molar-refractivity contribution >= 4 is 5.91 Å². The molecule has 86 valence electrons. The molecule has 0 heterocycles. The van der Waals surface area contributed by atoms with Gasteiger partial charge in [0, 0.05) is 11.8 Å². The molecule has 0 aromatic heterocycles. The van der Waals surface area contributed by atoms with Gasteiger partial charge in [-0.3, -0.25) is 4.79 Å². The number of rotatable bonds is 3. The van der Waals surface area contributed by atoms with Gasteiger partial charge in [-0.25, -0.2) is 4.39 Å². The van der Waals surface area contributed by atoms with Crippen LogP contribution in [-0.4, -0.2) is 5.91 Å². The highest BCUT2D eigenvalue weighted by Crippen LogP contribution is 2.43. The summed E-state index contributed by atoms with van der Waals surface area (Å²) in [4.78, 5) is 11.1. The Balaban J connectivity index is 2.31. The van der Waals surface area contributed by atoms with Crippen LogP contribution in [0.15, 0.2) is 24.3 Å². The number of amides is 1. The summed E-state index contributed by atoms with van der Waals surface area (Å²) in [5.41, 5.74) is 6.22. The lowest BCUT2D eigenvalue weighted by molar-refractivity contribution is -0.119. The predicted octanol–water partition coefficient (Wildman–Crippen LogP) is 2.51. The predicted molar refractivity (Wildman–Crippen MR) is 60.4 cm³/mol. The van der Waals surface area contributed by atoms with Crippen LogP contribution in [-0.2, 0) is 10.2 Å². The third-order valence-corrected chi connectivity index (χ3v) is 3.53. The smallest absolute Gasteiger partial charge is 0.218 e. The van der Waals surface area contributed by atoms with E-state index < -0.39 is 0 Å². The minimum Gasteiger partial charge on any atom is -0.370 e. The molecule has 3 heteroatoms. The van der Waals surface area contributed by atoms with E-state index in [1.165, 1.54) is 12.1 Å². The monoisotopic (exact) mass is 221 g/mol. The summed E-state index contributed by atoms with van der Waals surface area (Å²) >= 11 is 0. The molecule has 2 N–H and O–H groups in total. The minimum absolute atomic E-state index is 0.139. The van der Waals surface area contributed by atoms with Crippen LogP contribution in [0.2, 0.25) is 0 Å². The first kappa shape index (κ1) is 11.1. The van der Waals surface area contributed by atoms with Gasteiger partial charge in [0.2, 0.25) is 5.91 Å². The largest absolute Gasteiger partial charge is 0.370 e. The SMILES string of the molecule is NC(=O)CC1(c2ccc(F)cc2)CCCC1. The Bertz CT molecular complexity index is 379. The fourth-order valence-corrected chi connectivity index (χ4v) is 2.76. The van der Waals surface area contributed by atoms with Crippen molar-refractivity contribution < 1.29 is 9.18 Å². The Kier molecular flexibility index (Phi) is 2.95. The second kappa shape index (κ2) is 4.24. The van der Waals surface area contributed by atoms with E-state index in [2.05, 4.69) is 0 Å². The summed E-state index contributed by atoms with van der Waals surface area (Å²) in [6.45, 7) is 0. The molecule has 0 unspecified atom stereocenters. The zero-order chi connectivity index (χ0) is 11.6. The van der Waals surface area contributed by atoms with Gasteiger partial charge in [-0.05, 0) is 30.5 Å². The lowest BCUT2D eigenvalue weighted by Crippen LogP contribution is -2.29. The van der Waals surface area contributed by atoms with Crippen molar-refractivity contribution in [2.45, 2.75) is 37.5 Å². The van der Waals surface area contributed by atoms with E-state index >= 15 is 0 Å². The number of hydrogen-bond acceptors (Lipinski definition) is 1. The number of primary amides is 1. The molecule has 2 nitrogen and oxygen atoms in total. The molecule has 1 aromatic rings. The summed E-state index contributed by atoms with van der Waals surface area (Å²) in [6.07, 6.45) is 4.55. The fraction of sp³-hybridized carbons (Fsp3) is 0.462. The topological polar surface area (TPSA) is 43.1 Å². The van der Waals surface area contributed by atoms with Gasteiger partial charge in [-0.15, -0.1) is 0 Å². The summed E-state index contributed by atoms with van der Waals surface area (Å²) in [5.74, 6) is -0.512. The van der Waals surface area contributed by atoms with Crippen molar-refractivity contribution in [2.75, 3.05) is 0 Å². The van der Waals surface area contributed by atoms with Crippen LogP contribution in [0.25, 0.3) is 0 Å². The fourth-order valence-electron chi connectivity index (χ4n) is 2.76. The third kappa shape index (κ3) is 2.08. The summed E-state index contributed by atoms with van der Waals surface area (Å²) in [6, 6.07) is 6.47. The quantitative estimate of drug-likeness (QED) is 0.837. The summed E-state index contributed by atoms with van der Waals surface area (Å²) in [7, 11) is 0. The number of carbonyl (C=O) groups excluding carboxylic acids is 1. The van der Waals surface area contributed by atoms with Crippen molar-refractivity contribution in [3.63, 3.8) is 0 Å². The van der Waals surface area contributed by atoms with Crippen molar-refractivity contribution in [1.82, 2.24) is 0 Å². The molecule has 2 rings (SSSR count). The molecule has 1 aromatic carbocycles. The average molecular weight is 221 g/mol. The third-order valence-electron chi connectivity index (χ3n) is 3.53. The van der Waals surface area contributed by atoms with E-state index in [9.17, 15) is 9.18 Å². The highest BCUT2D eigenvalue weighted by molar-refractivity contribution is 5.75. The maximum absolute atomic E-state index is 12.9. The Morgan fingerprint density at radius 1 is 1.25 bits per heavy atom. The molecule has 1 saturated carbocycles. The first-order chi connectivity index (χ1) is 7.62. The van der Waals surface area contributed by atoms with E-state index in [0.29, 0.717) is 6.42 Å². The number of nitrogens with two attached hydrogens (primary N) is 1.